The lowest BCUT2D eigenvalue weighted by Gasteiger charge is -2.31. The molecule has 3 N–H and O–H groups in total. The van der Waals surface area contributed by atoms with Crippen LogP contribution in [0.1, 0.15) is 26.7 Å². The first-order valence-electron chi connectivity index (χ1n) is 11.4. The summed E-state index contributed by atoms with van der Waals surface area (Å²) in [6, 6.07) is 6.74. The lowest BCUT2D eigenvalue weighted by molar-refractivity contribution is -0.125. The summed E-state index contributed by atoms with van der Waals surface area (Å²) >= 11 is 1.23. The number of benzene rings is 1. The van der Waals surface area contributed by atoms with Gasteiger partial charge in [0.15, 0.2) is 10.8 Å². The number of fused-ring (bicyclic) bond motifs is 1. The minimum absolute atomic E-state index is 0.0346. The summed E-state index contributed by atoms with van der Waals surface area (Å²) in [4.78, 5) is 59.9. The first-order valence-corrected chi connectivity index (χ1v) is 12.2. The number of anilines is 3. The standard InChI is InChI=1S/C23H27N7O4S/c1-3-24-21(33)15-6-5-9-29(11-15)23-28-20-19(35-23)22(34)30(13-25-20)12-18(32)27-17-8-4-7-16(10-17)26-14(2)31/h4,7-8,10,13,15H,3,5-6,9,11-12H2,1-2H3,(H,24,33)(H,26,31)(H,27,32). The SMILES string of the molecule is CCNC(=O)C1CCCN(c2nc3ncn(CC(=O)Nc4cccc(NC(C)=O)c4)c(=O)c3s2)C1. The zero-order valence-corrected chi connectivity index (χ0v) is 20.4. The number of piperidine rings is 1. The maximum absolute atomic E-state index is 13.0. The predicted octanol–water partition coefficient (Wildman–Crippen LogP) is 1.80. The average Bonchev–Trinajstić information content (AvgIpc) is 3.26. The largest absolute Gasteiger partial charge is 0.356 e. The third kappa shape index (κ3) is 5.83. The number of hydrogen-bond donors (Lipinski definition) is 3. The molecule has 1 aliphatic heterocycles. The Labute approximate surface area is 205 Å². The summed E-state index contributed by atoms with van der Waals surface area (Å²) in [5.74, 6) is -0.702. The van der Waals surface area contributed by atoms with Gasteiger partial charge in [0, 0.05) is 37.9 Å². The highest BCUT2D eigenvalue weighted by molar-refractivity contribution is 7.22. The van der Waals surface area contributed by atoms with E-state index >= 15 is 0 Å². The third-order valence-corrected chi connectivity index (χ3v) is 6.66. The van der Waals surface area contributed by atoms with Crippen molar-refractivity contribution in [2.75, 3.05) is 35.2 Å². The van der Waals surface area contributed by atoms with Crippen LogP contribution in [0.15, 0.2) is 35.4 Å². The van der Waals surface area contributed by atoms with Crippen molar-refractivity contribution >= 4 is 55.9 Å². The molecule has 1 aromatic carbocycles. The second-order valence-electron chi connectivity index (χ2n) is 8.32. The summed E-state index contributed by atoms with van der Waals surface area (Å²) in [6.07, 6.45) is 3.00. The number of carbonyl (C=O) groups excluding carboxylic acids is 3. The smallest absolute Gasteiger partial charge is 0.273 e. The highest BCUT2D eigenvalue weighted by Crippen LogP contribution is 2.29. The quantitative estimate of drug-likeness (QED) is 0.452. The molecule has 2 aromatic heterocycles. The highest BCUT2D eigenvalue weighted by atomic mass is 32.1. The number of thiazole rings is 1. The Morgan fingerprint density at radius 1 is 1.20 bits per heavy atom. The molecule has 1 aliphatic rings. The van der Waals surface area contributed by atoms with Gasteiger partial charge >= 0.3 is 0 Å². The van der Waals surface area contributed by atoms with Gasteiger partial charge in [0.1, 0.15) is 17.6 Å². The number of hydrogen-bond acceptors (Lipinski definition) is 8. The van der Waals surface area contributed by atoms with Crippen LogP contribution in [0.5, 0.6) is 0 Å². The van der Waals surface area contributed by atoms with E-state index < -0.39 is 5.91 Å². The van der Waals surface area contributed by atoms with Gasteiger partial charge in [-0.1, -0.05) is 17.4 Å². The Hall–Kier alpha value is -3.80. The molecule has 0 aliphatic carbocycles. The lowest BCUT2D eigenvalue weighted by Crippen LogP contribution is -2.43. The number of nitrogens with zero attached hydrogens (tertiary/aromatic N) is 4. The fourth-order valence-corrected chi connectivity index (χ4v) is 5.00. The first kappa shape index (κ1) is 24.3. The molecule has 0 radical (unpaired) electrons. The first-order chi connectivity index (χ1) is 16.8. The van der Waals surface area contributed by atoms with E-state index in [9.17, 15) is 19.2 Å². The molecule has 3 amide bonds. The molecular weight excluding hydrogens is 470 g/mol. The number of rotatable bonds is 7. The van der Waals surface area contributed by atoms with Crippen LogP contribution in [0.25, 0.3) is 10.3 Å². The van der Waals surface area contributed by atoms with E-state index in [1.54, 1.807) is 24.3 Å². The van der Waals surface area contributed by atoms with Gasteiger partial charge in [-0.25, -0.2) is 4.98 Å². The summed E-state index contributed by atoms with van der Waals surface area (Å²) in [6.45, 7) is 4.96. The van der Waals surface area contributed by atoms with E-state index in [4.69, 9.17) is 0 Å². The molecule has 0 saturated carbocycles. The average molecular weight is 498 g/mol. The van der Waals surface area contributed by atoms with Crippen molar-refractivity contribution < 1.29 is 14.4 Å². The fraction of sp³-hybridized carbons (Fsp3) is 0.391. The van der Waals surface area contributed by atoms with Gasteiger partial charge < -0.3 is 20.9 Å². The molecule has 11 nitrogen and oxygen atoms in total. The van der Waals surface area contributed by atoms with E-state index in [0.717, 1.165) is 19.4 Å². The Morgan fingerprint density at radius 3 is 2.71 bits per heavy atom. The highest BCUT2D eigenvalue weighted by Gasteiger charge is 2.27. The van der Waals surface area contributed by atoms with Crippen LogP contribution in [0.4, 0.5) is 16.5 Å². The van der Waals surface area contributed by atoms with E-state index in [2.05, 4.69) is 25.9 Å². The van der Waals surface area contributed by atoms with E-state index in [1.807, 2.05) is 11.8 Å². The van der Waals surface area contributed by atoms with Crippen molar-refractivity contribution in [3.8, 4) is 0 Å². The second kappa shape index (κ2) is 10.6. The minimum atomic E-state index is -0.404. The van der Waals surface area contributed by atoms with Gasteiger partial charge in [-0.3, -0.25) is 23.7 Å². The summed E-state index contributed by atoms with van der Waals surface area (Å²) in [5, 5.41) is 8.90. The molecule has 184 valence electrons. The normalized spacial score (nSPS) is 15.6. The van der Waals surface area contributed by atoms with Crippen molar-refractivity contribution in [1.82, 2.24) is 19.9 Å². The van der Waals surface area contributed by atoms with E-state index in [0.29, 0.717) is 39.9 Å². The van der Waals surface area contributed by atoms with Crippen LogP contribution >= 0.6 is 11.3 Å². The summed E-state index contributed by atoms with van der Waals surface area (Å²) < 4.78 is 1.61. The fourth-order valence-electron chi connectivity index (χ4n) is 4.00. The molecule has 0 spiro atoms. The molecule has 3 heterocycles. The molecule has 1 unspecified atom stereocenters. The van der Waals surface area contributed by atoms with Gasteiger partial charge in [0.25, 0.3) is 5.56 Å². The molecule has 1 fully saturated rings. The minimum Gasteiger partial charge on any atom is -0.356 e. The van der Waals surface area contributed by atoms with Crippen LogP contribution in [0.3, 0.4) is 0 Å². The lowest BCUT2D eigenvalue weighted by atomic mass is 9.97. The van der Waals surface area contributed by atoms with Gasteiger partial charge in [-0.2, -0.15) is 4.98 Å². The number of carbonyl (C=O) groups is 3. The molecule has 1 atom stereocenters. The Kier molecular flexibility index (Phi) is 7.39. The summed E-state index contributed by atoms with van der Waals surface area (Å²) in [7, 11) is 0. The Morgan fingerprint density at radius 2 is 1.97 bits per heavy atom. The zero-order chi connectivity index (χ0) is 24.9. The Balaban J connectivity index is 1.47. The number of nitrogens with one attached hydrogen (secondary N) is 3. The van der Waals surface area contributed by atoms with E-state index in [1.165, 1.54) is 29.2 Å². The predicted molar refractivity (Wildman–Crippen MR) is 135 cm³/mol. The molecule has 0 bridgehead atoms. The molecular formula is C23H27N7O4S. The number of amides is 3. The van der Waals surface area contributed by atoms with Crippen LogP contribution in [-0.4, -0.2) is 51.9 Å². The number of aromatic nitrogens is 3. The van der Waals surface area contributed by atoms with Crippen LogP contribution in [-0.2, 0) is 20.9 Å². The molecule has 12 heteroatoms. The van der Waals surface area contributed by atoms with Crippen molar-refractivity contribution in [3.63, 3.8) is 0 Å². The van der Waals surface area contributed by atoms with Crippen molar-refractivity contribution in [2.45, 2.75) is 33.2 Å². The maximum atomic E-state index is 13.0. The molecule has 4 rings (SSSR count). The molecule has 1 saturated heterocycles. The molecule has 3 aromatic rings. The summed E-state index contributed by atoms with van der Waals surface area (Å²) in [5.41, 5.74) is 1.03. The van der Waals surface area contributed by atoms with Gasteiger partial charge in [0.05, 0.1) is 5.92 Å². The second-order valence-corrected chi connectivity index (χ2v) is 9.29. The zero-order valence-electron chi connectivity index (χ0n) is 19.5. The van der Waals surface area contributed by atoms with Gasteiger partial charge in [-0.05, 0) is 38.0 Å². The maximum Gasteiger partial charge on any atom is 0.273 e. The third-order valence-electron chi connectivity index (χ3n) is 5.57. The monoisotopic (exact) mass is 497 g/mol. The van der Waals surface area contributed by atoms with Crippen molar-refractivity contribution in [1.29, 1.82) is 0 Å². The van der Waals surface area contributed by atoms with Crippen molar-refractivity contribution in [2.24, 2.45) is 5.92 Å². The van der Waals surface area contributed by atoms with E-state index in [-0.39, 0.29) is 29.8 Å². The van der Waals surface area contributed by atoms with Gasteiger partial charge in [-0.15, -0.1) is 0 Å². The van der Waals surface area contributed by atoms with Crippen molar-refractivity contribution in [3.05, 3.63) is 40.9 Å². The molecule has 35 heavy (non-hydrogen) atoms. The Bertz CT molecular complexity index is 1320. The van der Waals surface area contributed by atoms with Crippen LogP contribution < -0.4 is 26.4 Å². The topological polar surface area (TPSA) is 138 Å². The van der Waals surface area contributed by atoms with Crippen LogP contribution in [0.2, 0.25) is 0 Å². The van der Waals surface area contributed by atoms with Gasteiger partial charge in [0.2, 0.25) is 17.7 Å². The van der Waals surface area contributed by atoms with Crippen LogP contribution in [0, 0.1) is 5.92 Å².